The highest BCUT2D eigenvalue weighted by molar-refractivity contribution is 5.92. The number of amides is 1. The Morgan fingerprint density at radius 1 is 1.57 bits per heavy atom. The van der Waals surface area contributed by atoms with Gasteiger partial charge in [0.25, 0.3) is 5.91 Å². The summed E-state index contributed by atoms with van der Waals surface area (Å²) in [6.07, 6.45) is 4.18. The van der Waals surface area contributed by atoms with Gasteiger partial charge >= 0.3 is 0 Å². The normalized spacial score (nSPS) is 20.1. The van der Waals surface area contributed by atoms with Gasteiger partial charge in [-0.3, -0.25) is 4.79 Å². The van der Waals surface area contributed by atoms with Crippen LogP contribution in [0.5, 0.6) is 0 Å². The van der Waals surface area contributed by atoms with E-state index in [9.17, 15) is 4.79 Å². The zero-order valence-corrected chi connectivity index (χ0v) is 12.7. The highest BCUT2D eigenvalue weighted by Crippen LogP contribution is 2.35. The largest absolute Gasteiger partial charge is 0.383 e. The minimum atomic E-state index is -0.0371. The van der Waals surface area contributed by atoms with Crippen molar-refractivity contribution in [3.8, 4) is 0 Å². The summed E-state index contributed by atoms with van der Waals surface area (Å²) in [7, 11) is 1.66. The van der Waals surface area contributed by atoms with Gasteiger partial charge in [-0.25, -0.2) is 4.68 Å². The zero-order valence-electron chi connectivity index (χ0n) is 12.7. The number of nitrogens with one attached hydrogen (secondary N) is 1. The first-order chi connectivity index (χ1) is 10.2. The molecule has 0 bridgehead atoms. The van der Waals surface area contributed by atoms with Gasteiger partial charge in [-0.1, -0.05) is 5.21 Å². The lowest BCUT2D eigenvalue weighted by Crippen LogP contribution is -2.43. The lowest BCUT2D eigenvalue weighted by atomic mass is 10.1. The fraction of sp³-hybridized carbons (Fsp3) is 0.786. The minimum Gasteiger partial charge on any atom is -0.383 e. The molecule has 1 amide bonds. The van der Waals surface area contributed by atoms with E-state index < -0.39 is 0 Å². The Kier molecular flexibility index (Phi) is 4.21. The van der Waals surface area contributed by atoms with Crippen LogP contribution in [0, 0.1) is 5.92 Å². The molecular formula is C14H23N5O2. The van der Waals surface area contributed by atoms with Crippen molar-refractivity contribution in [2.24, 2.45) is 5.92 Å². The van der Waals surface area contributed by atoms with Crippen molar-refractivity contribution in [2.45, 2.75) is 31.8 Å². The Balaban J connectivity index is 1.70. The van der Waals surface area contributed by atoms with E-state index in [-0.39, 0.29) is 11.9 Å². The van der Waals surface area contributed by atoms with Gasteiger partial charge in [0.2, 0.25) is 0 Å². The molecule has 1 aliphatic carbocycles. The van der Waals surface area contributed by atoms with Crippen LogP contribution in [-0.4, -0.2) is 65.2 Å². The molecule has 1 saturated carbocycles. The molecule has 21 heavy (non-hydrogen) atoms. The van der Waals surface area contributed by atoms with Gasteiger partial charge in [-0.2, -0.15) is 0 Å². The maximum atomic E-state index is 12.7. The van der Waals surface area contributed by atoms with E-state index in [1.807, 2.05) is 4.90 Å². The number of carbonyl (C=O) groups is 1. The van der Waals surface area contributed by atoms with Crippen molar-refractivity contribution in [3.63, 3.8) is 0 Å². The number of methoxy groups -OCH3 is 1. The second kappa shape index (κ2) is 6.11. The van der Waals surface area contributed by atoms with Crippen LogP contribution in [0.4, 0.5) is 0 Å². The number of hydrogen-bond acceptors (Lipinski definition) is 5. The van der Waals surface area contributed by atoms with Crippen molar-refractivity contribution in [1.82, 2.24) is 25.2 Å². The molecule has 1 N–H and O–H groups in total. The van der Waals surface area contributed by atoms with Gasteiger partial charge in [0.1, 0.15) is 0 Å². The molecule has 1 aromatic rings. The molecule has 7 heteroatoms. The maximum absolute atomic E-state index is 12.7. The van der Waals surface area contributed by atoms with Gasteiger partial charge in [0.15, 0.2) is 5.69 Å². The molecule has 116 valence electrons. The van der Waals surface area contributed by atoms with Gasteiger partial charge in [0, 0.05) is 32.8 Å². The maximum Gasteiger partial charge on any atom is 0.276 e. The van der Waals surface area contributed by atoms with Crippen molar-refractivity contribution in [1.29, 1.82) is 0 Å². The van der Waals surface area contributed by atoms with Crippen molar-refractivity contribution in [3.05, 3.63) is 11.9 Å². The third kappa shape index (κ3) is 3.08. The first-order valence-corrected chi connectivity index (χ1v) is 7.63. The lowest BCUT2D eigenvalue weighted by Gasteiger charge is -2.28. The Bertz CT molecular complexity index is 495. The smallest absolute Gasteiger partial charge is 0.276 e. The number of nitrogens with zero attached hydrogens (tertiary/aromatic N) is 4. The SMILES string of the molecule is COCCN(C(=O)c1cn(C2CNC2)nn1)C(C)C1CC1. The average Bonchev–Trinajstić information content (AvgIpc) is 3.17. The first kappa shape index (κ1) is 14.5. The van der Waals surface area contributed by atoms with E-state index in [0.717, 1.165) is 13.1 Å². The van der Waals surface area contributed by atoms with E-state index >= 15 is 0 Å². The number of carbonyl (C=O) groups excluding carboxylic acids is 1. The van der Waals surface area contributed by atoms with Crippen molar-refractivity contribution in [2.75, 3.05) is 33.4 Å². The Hall–Kier alpha value is -1.47. The molecule has 7 nitrogen and oxygen atoms in total. The summed E-state index contributed by atoms with van der Waals surface area (Å²) >= 11 is 0. The zero-order chi connectivity index (χ0) is 14.8. The molecular weight excluding hydrogens is 270 g/mol. The number of ether oxygens (including phenoxy) is 1. The molecule has 2 fully saturated rings. The highest BCUT2D eigenvalue weighted by Gasteiger charge is 2.35. The van der Waals surface area contributed by atoms with E-state index in [1.165, 1.54) is 12.8 Å². The summed E-state index contributed by atoms with van der Waals surface area (Å²) in [6.45, 7) is 5.05. The predicted octanol–water partition coefficient (Wildman–Crippen LogP) is 0.310. The molecule has 0 aromatic carbocycles. The van der Waals surface area contributed by atoms with Crippen LogP contribution < -0.4 is 5.32 Å². The second-order valence-electron chi connectivity index (χ2n) is 5.97. The van der Waals surface area contributed by atoms with E-state index in [4.69, 9.17) is 4.74 Å². The summed E-state index contributed by atoms with van der Waals surface area (Å²) in [5.74, 6) is 0.585. The van der Waals surface area contributed by atoms with E-state index in [1.54, 1.807) is 18.0 Å². The fourth-order valence-corrected chi connectivity index (χ4v) is 2.67. The third-order valence-electron chi connectivity index (χ3n) is 4.46. The molecule has 1 atom stereocenters. The predicted molar refractivity (Wildman–Crippen MR) is 77.0 cm³/mol. The molecule has 1 unspecified atom stereocenters. The van der Waals surface area contributed by atoms with Crippen LogP contribution in [0.2, 0.25) is 0 Å². The topological polar surface area (TPSA) is 72.3 Å². The van der Waals surface area contributed by atoms with Crippen LogP contribution in [0.3, 0.4) is 0 Å². The number of aromatic nitrogens is 3. The van der Waals surface area contributed by atoms with Crippen LogP contribution in [0.15, 0.2) is 6.20 Å². The quantitative estimate of drug-likeness (QED) is 0.783. The average molecular weight is 293 g/mol. The van der Waals surface area contributed by atoms with E-state index in [2.05, 4.69) is 22.6 Å². The van der Waals surface area contributed by atoms with Crippen LogP contribution in [-0.2, 0) is 4.74 Å². The number of rotatable bonds is 7. The summed E-state index contributed by atoms with van der Waals surface area (Å²) in [6, 6.07) is 0.565. The van der Waals surface area contributed by atoms with Gasteiger partial charge in [-0.05, 0) is 25.7 Å². The molecule has 1 saturated heterocycles. The van der Waals surface area contributed by atoms with Gasteiger partial charge in [0.05, 0.1) is 18.8 Å². The van der Waals surface area contributed by atoms with Crippen LogP contribution in [0.25, 0.3) is 0 Å². The third-order valence-corrected chi connectivity index (χ3v) is 4.46. The summed E-state index contributed by atoms with van der Waals surface area (Å²) in [5.41, 5.74) is 0.436. The summed E-state index contributed by atoms with van der Waals surface area (Å²) < 4.78 is 6.93. The monoisotopic (exact) mass is 293 g/mol. The van der Waals surface area contributed by atoms with Crippen LogP contribution >= 0.6 is 0 Å². The number of hydrogen-bond donors (Lipinski definition) is 1. The molecule has 1 aliphatic heterocycles. The Labute approximate surface area is 124 Å². The Morgan fingerprint density at radius 3 is 2.90 bits per heavy atom. The molecule has 2 heterocycles. The summed E-state index contributed by atoms with van der Waals surface area (Å²) in [5, 5.41) is 11.3. The molecule has 2 aliphatic rings. The lowest BCUT2D eigenvalue weighted by molar-refractivity contribution is 0.0588. The molecule has 0 radical (unpaired) electrons. The Morgan fingerprint density at radius 2 is 2.33 bits per heavy atom. The summed E-state index contributed by atoms with van der Waals surface area (Å²) in [4.78, 5) is 14.6. The molecule has 0 spiro atoms. The van der Waals surface area contributed by atoms with Crippen molar-refractivity contribution < 1.29 is 9.53 Å². The van der Waals surface area contributed by atoms with Gasteiger partial charge < -0.3 is 15.0 Å². The van der Waals surface area contributed by atoms with Crippen molar-refractivity contribution >= 4 is 5.91 Å². The highest BCUT2D eigenvalue weighted by atomic mass is 16.5. The molecule has 3 rings (SSSR count). The standard InChI is InChI=1S/C14H23N5O2/c1-10(11-3-4-11)18(5-6-21-2)14(20)13-9-19(17-16-13)12-7-15-8-12/h9-12,15H,3-8H2,1-2H3. The second-order valence-corrected chi connectivity index (χ2v) is 5.97. The van der Waals surface area contributed by atoms with Crippen LogP contribution in [0.1, 0.15) is 36.3 Å². The van der Waals surface area contributed by atoms with E-state index in [0.29, 0.717) is 30.8 Å². The molecule has 1 aromatic heterocycles. The fourth-order valence-electron chi connectivity index (χ4n) is 2.67. The first-order valence-electron chi connectivity index (χ1n) is 7.63. The minimum absolute atomic E-state index is 0.0371. The van der Waals surface area contributed by atoms with Gasteiger partial charge in [-0.15, -0.1) is 5.10 Å².